The molecule has 0 saturated heterocycles. The Kier molecular flexibility index (Phi) is 4.02. The molecule has 1 heterocycles. The predicted octanol–water partition coefficient (Wildman–Crippen LogP) is 4.40. The number of rotatable bonds is 2. The maximum absolute atomic E-state index is 10.1. The van der Waals surface area contributed by atoms with Crippen molar-refractivity contribution in [1.29, 1.82) is 0 Å². The fourth-order valence-electron chi connectivity index (χ4n) is 1.25. The van der Waals surface area contributed by atoms with E-state index in [0.29, 0.717) is 10.0 Å². The Morgan fingerprint density at radius 2 is 2.12 bits per heavy atom. The maximum Gasteiger partial charge on any atom is 0.132 e. The molecule has 1 aromatic carbocycles. The molecule has 1 N–H and O–H groups in total. The third kappa shape index (κ3) is 2.65. The van der Waals surface area contributed by atoms with Crippen LogP contribution in [0.3, 0.4) is 0 Å². The summed E-state index contributed by atoms with van der Waals surface area (Å²) >= 11 is 13.9. The Labute approximate surface area is 119 Å². The fourth-order valence-corrected chi connectivity index (χ4v) is 3.41. The van der Waals surface area contributed by atoms with E-state index >= 15 is 0 Å². The largest absolute Gasteiger partial charge is 0.381 e. The van der Waals surface area contributed by atoms with Gasteiger partial charge in [-0.2, -0.15) is 0 Å². The molecule has 2 rings (SSSR count). The maximum atomic E-state index is 10.1. The number of aliphatic hydroxyl groups is 1. The van der Waals surface area contributed by atoms with Crippen LogP contribution in [0.25, 0.3) is 0 Å². The minimum absolute atomic E-state index is 0.628. The lowest BCUT2D eigenvalue weighted by atomic mass is 10.1. The van der Waals surface area contributed by atoms with Crippen LogP contribution >= 0.6 is 54.8 Å². The van der Waals surface area contributed by atoms with Crippen molar-refractivity contribution < 1.29 is 5.11 Å². The van der Waals surface area contributed by atoms with Gasteiger partial charge < -0.3 is 5.11 Å². The lowest BCUT2D eigenvalue weighted by Gasteiger charge is -2.10. The second-order valence-corrected chi connectivity index (χ2v) is 6.07. The van der Waals surface area contributed by atoms with Crippen molar-refractivity contribution >= 4 is 54.8 Å². The van der Waals surface area contributed by atoms with Gasteiger partial charge in [0.25, 0.3) is 0 Å². The Morgan fingerprint density at radius 3 is 2.69 bits per heavy atom. The van der Waals surface area contributed by atoms with E-state index in [4.69, 9.17) is 11.6 Å². The molecule has 1 atom stereocenters. The lowest BCUT2D eigenvalue weighted by Crippen LogP contribution is -1.99. The summed E-state index contributed by atoms with van der Waals surface area (Å²) in [5.74, 6) is 0. The van der Waals surface area contributed by atoms with E-state index in [9.17, 15) is 5.11 Å². The summed E-state index contributed by atoms with van der Waals surface area (Å²) in [6.45, 7) is 0. The van der Waals surface area contributed by atoms with E-state index < -0.39 is 6.10 Å². The summed E-state index contributed by atoms with van der Waals surface area (Å²) in [7, 11) is 0. The van der Waals surface area contributed by atoms with Crippen molar-refractivity contribution in [3.05, 3.63) is 48.2 Å². The van der Waals surface area contributed by atoms with Gasteiger partial charge in [-0.25, -0.2) is 4.98 Å². The van der Waals surface area contributed by atoms with E-state index in [1.807, 2.05) is 5.38 Å². The van der Waals surface area contributed by atoms with E-state index in [1.165, 1.54) is 11.3 Å². The molecular weight excluding hydrogens is 377 g/mol. The van der Waals surface area contributed by atoms with Crippen LogP contribution in [-0.4, -0.2) is 10.1 Å². The van der Waals surface area contributed by atoms with Gasteiger partial charge in [-0.15, -0.1) is 11.3 Å². The van der Waals surface area contributed by atoms with Gasteiger partial charge in [0.1, 0.15) is 15.7 Å². The standard InChI is InChI=1S/C10H6Br2ClNOS/c11-7-3-5(13)1-2-6(7)9(15)10-14-8(12)4-16-10/h1-4,9,15H. The van der Waals surface area contributed by atoms with Crippen molar-refractivity contribution in [2.24, 2.45) is 0 Å². The Balaban J connectivity index is 2.37. The topological polar surface area (TPSA) is 33.1 Å². The first-order valence-electron chi connectivity index (χ1n) is 4.32. The minimum atomic E-state index is -0.733. The number of benzene rings is 1. The average molecular weight is 383 g/mol. The second kappa shape index (κ2) is 5.14. The van der Waals surface area contributed by atoms with Crippen LogP contribution in [0.2, 0.25) is 5.02 Å². The van der Waals surface area contributed by atoms with Gasteiger partial charge in [0.05, 0.1) is 0 Å². The SMILES string of the molecule is OC(c1nc(Br)cs1)c1ccc(Cl)cc1Br. The van der Waals surface area contributed by atoms with Gasteiger partial charge in [0, 0.05) is 20.4 Å². The van der Waals surface area contributed by atoms with E-state index in [-0.39, 0.29) is 0 Å². The molecule has 16 heavy (non-hydrogen) atoms. The van der Waals surface area contributed by atoms with E-state index in [0.717, 1.165) is 14.6 Å². The molecule has 0 amide bonds. The van der Waals surface area contributed by atoms with Crippen molar-refractivity contribution in [2.75, 3.05) is 0 Å². The molecule has 0 fully saturated rings. The van der Waals surface area contributed by atoms with Gasteiger partial charge in [-0.1, -0.05) is 33.6 Å². The molecule has 0 aliphatic heterocycles. The van der Waals surface area contributed by atoms with Crippen LogP contribution in [-0.2, 0) is 0 Å². The van der Waals surface area contributed by atoms with Crippen LogP contribution in [0.1, 0.15) is 16.7 Å². The number of aromatic nitrogens is 1. The monoisotopic (exact) mass is 381 g/mol. The summed E-state index contributed by atoms with van der Waals surface area (Å²) in [5, 5.41) is 13.2. The molecular formula is C10H6Br2ClNOS. The van der Waals surface area contributed by atoms with Gasteiger partial charge in [0.2, 0.25) is 0 Å². The molecule has 0 spiro atoms. The van der Waals surface area contributed by atoms with Gasteiger partial charge >= 0.3 is 0 Å². The fraction of sp³-hybridized carbons (Fsp3) is 0.100. The molecule has 2 nitrogen and oxygen atoms in total. The zero-order valence-corrected chi connectivity index (χ0v) is 12.6. The van der Waals surface area contributed by atoms with Crippen molar-refractivity contribution in [3.8, 4) is 0 Å². The van der Waals surface area contributed by atoms with Crippen LogP contribution in [0.4, 0.5) is 0 Å². The van der Waals surface area contributed by atoms with E-state index in [2.05, 4.69) is 36.8 Å². The van der Waals surface area contributed by atoms with Crippen molar-refractivity contribution in [2.45, 2.75) is 6.10 Å². The molecule has 1 aromatic heterocycles. The lowest BCUT2D eigenvalue weighted by molar-refractivity contribution is 0.219. The zero-order valence-electron chi connectivity index (χ0n) is 7.82. The highest BCUT2D eigenvalue weighted by Gasteiger charge is 2.17. The van der Waals surface area contributed by atoms with Gasteiger partial charge in [-0.3, -0.25) is 0 Å². The van der Waals surface area contributed by atoms with Gasteiger partial charge in [-0.05, 0) is 28.1 Å². The van der Waals surface area contributed by atoms with Gasteiger partial charge in [0.15, 0.2) is 0 Å². The zero-order chi connectivity index (χ0) is 11.7. The second-order valence-electron chi connectivity index (χ2n) is 3.08. The van der Waals surface area contributed by atoms with Crippen LogP contribution in [0.15, 0.2) is 32.7 Å². The van der Waals surface area contributed by atoms with Crippen LogP contribution < -0.4 is 0 Å². The average Bonchev–Trinajstić information content (AvgIpc) is 2.64. The minimum Gasteiger partial charge on any atom is -0.381 e. The number of aliphatic hydroxyl groups excluding tert-OH is 1. The summed E-state index contributed by atoms with van der Waals surface area (Å²) < 4.78 is 1.51. The first-order valence-corrected chi connectivity index (χ1v) is 7.16. The Bertz CT molecular complexity index is 517. The highest BCUT2D eigenvalue weighted by molar-refractivity contribution is 9.10. The summed E-state index contributed by atoms with van der Waals surface area (Å²) in [6, 6.07) is 5.28. The molecule has 0 radical (unpaired) electrons. The third-order valence-electron chi connectivity index (χ3n) is 1.98. The molecule has 0 aliphatic rings. The molecule has 0 bridgehead atoms. The molecule has 84 valence electrons. The highest BCUT2D eigenvalue weighted by atomic mass is 79.9. The Hall–Kier alpha value is 0.0600. The molecule has 1 unspecified atom stereocenters. The molecule has 6 heteroatoms. The summed E-state index contributed by atoms with van der Waals surface area (Å²) in [5.41, 5.74) is 0.756. The normalized spacial score (nSPS) is 12.8. The number of hydrogen-bond acceptors (Lipinski definition) is 3. The molecule has 2 aromatic rings. The van der Waals surface area contributed by atoms with Crippen LogP contribution in [0, 0.1) is 0 Å². The summed E-state index contributed by atoms with van der Waals surface area (Å²) in [4.78, 5) is 4.18. The summed E-state index contributed by atoms with van der Waals surface area (Å²) in [6.07, 6.45) is -0.733. The van der Waals surface area contributed by atoms with E-state index in [1.54, 1.807) is 18.2 Å². The quantitative estimate of drug-likeness (QED) is 0.834. The smallest absolute Gasteiger partial charge is 0.132 e. The highest BCUT2D eigenvalue weighted by Crippen LogP contribution is 2.32. The predicted molar refractivity (Wildman–Crippen MR) is 73.0 cm³/mol. The number of hydrogen-bond donors (Lipinski definition) is 1. The van der Waals surface area contributed by atoms with Crippen LogP contribution in [0.5, 0.6) is 0 Å². The Morgan fingerprint density at radius 1 is 1.38 bits per heavy atom. The first kappa shape index (κ1) is 12.5. The number of halogens is 3. The van der Waals surface area contributed by atoms with Crippen molar-refractivity contribution in [1.82, 2.24) is 4.98 Å². The molecule has 0 saturated carbocycles. The number of thiazole rings is 1. The molecule has 0 aliphatic carbocycles. The third-order valence-corrected chi connectivity index (χ3v) is 4.51. The van der Waals surface area contributed by atoms with Crippen molar-refractivity contribution in [3.63, 3.8) is 0 Å². The first-order chi connectivity index (χ1) is 7.58. The number of nitrogens with zero attached hydrogens (tertiary/aromatic N) is 1.